The minimum atomic E-state index is -0.453. The first-order valence-corrected chi connectivity index (χ1v) is 3.43. The number of primary amides is 1. The van der Waals surface area contributed by atoms with Crippen LogP contribution in [0.1, 0.15) is 27.2 Å². The zero-order chi connectivity index (χ0) is 8.36. The van der Waals surface area contributed by atoms with Crippen molar-refractivity contribution in [2.75, 3.05) is 0 Å². The van der Waals surface area contributed by atoms with Crippen molar-refractivity contribution in [3.8, 4) is 0 Å². The molecule has 0 radical (unpaired) electrons. The first kappa shape index (κ1) is 9.43. The summed E-state index contributed by atoms with van der Waals surface area (Å²) in [6, 6.07) is 0. The van der Waals surface area contributed by atoms with Gasteiger partial charge in [-0.25, -0.2) is 0 Å². The summed E-state index contributed by atoms with van der Waals surface area (Å²) in [4.78, 5) is 10.5. The van der Waals surface area contributed by atoms with E-state index in [9.17, 15) is 4.79 Å². The van der Waals surface area contributed by atoms with Crippen LogP contribution in [0.4, 0.5) is 0 Å². The van der Waals surface area contributed by atoms with Crippen LogP contribution in [0.25, 0.3) is 0 Å². The van der Waals surface area contributed by atoms with E-state index in [-0.39, 0.29) is 18.2 Å². The van der Waals surface area contributed by atoms with Gasteiger partial charge in [0, 0.05) is 12.0 Å². The van der Waals surface area contributed by atoms with Crippen LogP contribution in [0.15, 0.2) is 0 Å². The number of carbonyl (C=O) groups excluding carboxylic acids is 1. The molecule has 0 spiro atoms. The molecule has 1 unspecified atom stereocenters. The molecule has 60 valence electrons. The third-order valence-corrected chi connectivity index (χ3v) is 1.87. The maximum atomic E-state index is 10.5. The van der Waals surface area contributed by atoms with Crippen LogP contribution in [-0.2, 0) is 4.79 Å². The molecule has 0 aliphatic carbocycles. The van der Waals surface area contributed by atoms with E-state index in [0.717, 1.165) is 0 Å². The van der Waals surface area contributed by atoms with Crippen LogP contribution >= 0.6 is 0 Å². The number of rotatable bonds is 3. The predicted octanol–water partition coefficient (Wildman–Crippen LogP) is 0.235. The molecule has 0 rings (SSSR count). The highest BCUT2D eigenvalue weighted by Gasteiger charge is 2.24. The van der Waals surface area contributed by atoms with Crippen LogP contribution in [0.2, 0.25) is 0 Å². The summed E-state index contributed by atoms with van der Waals surface area (Å²) >= 11 is 0. The molecule has 0 aromatic heterocycles. The van der Waals surface area contributed by atoms with Gasteiger partial charge in [-0.2, -0.15) is 0 Å². The molecule has 0 heterocycles. The van der Waals surface area contributed by atoms with Gasteiger partial charge in [0.2, 0.25) is 5.91 Å². The highest BCUT2D eigenvalue weighted by atomic mass is 16.1. The fourth-order valence-corrected chi connectivity index (χ4v) is 0.580. The van der Waals surface area contributed by atoms with E-state index < -0.39 is 5.54 Å². The molecule has 10 heavy (non-hydrogen) atoms. The molecule has 0 aromatic rings. The van der Waals surface area contributed by atoms with Crippen molar-refractivity contribution in [2.24, 2.45) is 17.4 Å². The summed E-state index contributed by atoms with van der Waals surface area (Å²) in [6.07, 6.45) is 0.255. The van der Waals surface area contributed by atoms with Gasteiger partial charge in [0.25, 0.3) is 0 Å². The predicted molar refractivity (Wildman–Crippen MR) is 41.2 cm³/mol. The van der Waals surface area contributed by atoms with E-state index in [4.69, 9.17) is 11.5 Å². The molecule has 1 amide bonds. The van der Waals surface area contributed by atoms with Gasteiger partial charge in [-0.1, -0.05) is 13.8 Å². The zero-order valence-electron chi connectivity index (χ0n) is 6.85. The van der Waals surface area contributed by atoms with Gasteiger partial charge in [-0.3, -0.25) is 4.79 Å². The molecule has 3 nitrogen and oxygen atoms in total. The molecule has 0 saturated heterocycles. The molecule has 0 saturated carbocycles. The summed E-state index contributed by atoms with van der Waals surface area (Å²) in [5.41, 5.74) is 10.3. The molecule has 0 aliphatic heterocycles. The quantitative estimate of drug-likeness (QED) is 0.595. The Morgan fingerprint density at radius 2 is 2.00 bits per heavy atom. The lowest BCUT2D eigenvalue weighted by molar-refractivity contribution is -0.119. The second-order valence-corrected chi connectivity index (χ2v) is 3.30. The Labute approximate surface area is 61.8 Å². The van der Waals surface area contributed by atoms with Gasteiger partial charge < -0.3 is 11.5 Å². The fraction of sp³-hybridized carbons (Fsp3) is 0.857. The minimum absolute atomic E-state index is 0.255. The fourth-order valence-electron chi connectivity index (χ4n) is 0.580. The van der Waals surface area contributed by atoms with Crippen molar-refractivity contribution in [1.29, 1.82) is 0 Å². The van der Waals surface area contributed by atoms with Gasteiger partial charge in [0.1, 0.15) is 0 Å². The lowest BCUT2D eigenvalue weighted by Crippen LogP contribution is -2.45. The van der Waals surface area contributed by atoms with Crippen molar-refractivity contribution in [1.82, 2.24) is 0 Å². The Bertz CT molecular complexity index is 130. The SMILES string of the molecule is CC(C)C(C)(N)CC(N)=O. The van der Waals surface area contributed by atoms with Crippen LogP contribution in [0.3, 0.4) is 0 Å². The Hall–Kier alpha value is -0.570. The Morgan fingerprint density at radius 3 is 2.10 bits per heavy atom. The zero-order valence-corrected chi connectivity index (χ0v) is 6.85. The number of amides is 1. The first-order chi connectivity index (χ1) is 4.36. The van der Waals surface area contributed by atoms with E-state index in [1.807, 2.05) is 20.8 Å². The topological polar surface area (TPSA) is 69.1 Å². The lowest BCUT2D eigenvalue weighted by Gasteiger charge is -2.27. The van der Waals surface area contributed by atoms with Crippen LogP contribution < -0.4 is 11.5 Å². The maximum absolute atomic E-state index is 10.5. The Kier molecular flexibility index (Phi) is 2.84. The first-order valence-electron chi connectivity index (χ1n) is 3.43. The van der Waals surface area contributed by atoms with Crippen LogP contribution in [-0.4, -0.2) is 11.4 Å². The highest BCUT2D eigenvalue weighted by molar-refractivity contribution is 5.75. The number of carbonyl (C=O) groups is 1. The average molecular weight is 144 g/mol. The molecule has 4 N–H and O–H groups in total. The van der Waals surface area contributed by atoms with Crippen molar-refractivity contribution in [3.63, 3.8) is 0 Å². The van der Waals surface area contributed by atoms with Gasteiger partial charge >= 0.3 is 0 Å². The largest absolute Gasteiger partial charge is 0.370 e. The lowest BCUT2D eigenvalue weighted by atomic mass is 9.86. The van der Waals surface area contributed by atoms with E-state index in [0.29, 0.717) is 0 Å². The van der Waals surface area contributed by atoms with E-state index >= 15 is 0 Å². The van der Waals surface area contributed by atoms with Crippen molar-refractivity contribution in [3.05, 3.63) is 0 Å². The third-order valence-electron chi connectivity index (χ3n) is 1.87. The summed E-state index contributed by atoms with van der Waals surface area (Å²) < 4.78 is 0. The van der Waals surface area contributed by atoms with Gasteiger partial charge in [-0.15, -0.1) is 0 Å². The van der Waals surface area contributed by atoms with Gasteiger partial charge in [0.15, 0.2) is 0 Å². The molecule has 0 aliphatic rings. The molecule has 3 heteroatoms. The maximum Gasteiger partial charge on any atom is 0.219 e. The van der Waals surface area contributed by atoms with Crippen LogP contribution in [0.5, 0.6) is 0 Å². The van der Waals surface area contributed by atoms with Crippen LogP contribution in [0, 0.1) is 5.92 Å². The molecular formula is C7H16N2O. The summed E-state index contributed by atoms with van der Waals surface area (Å²) in [5.74, 6) is -0.0568. The second kappa shape index (κ2) is 3.01. The Balaban J connectivity index is 3.99. The normalized spacial score (nSPS) is 16.9. The monoisotopic (exact) mass is 144 g/mol. The molecule has 1 atom stereocenters. The van der Waals surface area contributed by atoms with Gasteiger partial charge in [0.05, 0.1) is 0 Å². The number of hydrogen-bond donors (Lipinski definition) is 2. The van der Waals surface area contributed by atoms with Crippen molar-refractivity contribution >= 4 is 5.91 Å². The smallest absolute Gasteiger partial charge is 0.219 e. The third kappa shape index (κ3) is 2.82. The van der Waals surface area contributed by atoms with Crippen molar-refractivity contribution < 1.29 is 4.79 Å². The standard InChI is InChI=1S/C7H16N2O/c1-5(2)7(3,9)4-6(8)10/h5H,4,9H2,1-3H3,(H2,8,10). The van der Waals surface area contributed by atoms with E-state index in [1.165, 1.54) is 0 Å². The van der Waals surface area contributed by atoms with Crippen molar-refractivity contribution in [2.45, 2.75) is 32.7 Å². The van der Waals surface area contributed by atoms with E-state index in [2.05, 4.69) is 0 Å². The molecular weight excluding hydrogens is 128 g/mol. The number of hydrogen-bond acceptors (Lipinski definition) is 2. The number of nitrogens with two attached hydrogens (primary N) is 2. The second-order valence-electron chi connectivity index (χ2n) is 3.30. The highest BCUT2D eigenvalue weighted by Crippen LogP contribution is 2.16. The minimum Gasteiger partial charge on any atom is -0.370 e. The van der Waals surface area contributed by atoms with E-state index in [1.54, 1.807) is 0 Å². The van der Waals surface area contributed by atoms with Gasteiger partial charge in [-0.05, 0) is 12.8 Å². The Morgan fingerprint density at radius 1 is 1.60 bits per heavy atom. The summed E-state index contributed by atoms with van der Waals surface area (Å²) in [5, 5.41) is 0. The molecule has 0 aromatic carbocycles. The molecule has 0 fully saturated rings. The average Bonchev–Trinajstić information content (AvgIpc) is 1.60. The summed E-state index contributed by atoms with van der Waals surface area (Å²) in [6.45, 7) is 5.79. The molecule has 0 bridgehead atoms. The summed E-state index contributed by atoms with van der Waals surface area (Å²) in [7, 11) is 0.